The molecule has 0 amide bonds. The van der Waals surface area contributed by atoms with Gasteiger partial charge in [-0.3, -0.25) is 4.90 Å². The van der Waals surface area contributed by atoms with E-state index in [1.807, 2.05) is 12.1 Å². The van der Waals surface area contributed by atoms with Gasteiger partial charge in [0, 0.05) is 19.1 Å². The van der Waals surface area contributed by atoms with Gasteiger partial charge in [0.15, 0.2) is 11.5 Å². The molecule has 1 unspecified atom stereocenters. The summed E-state index contributed by atoms with van der Waals surface area (Å²) in [5.41, 5.74) is 7.18. The zero-order valence-corrected chi connectivity index (χ0v) is 13.3. The number of nitrogens with two attached hydrogens (primary N) is 1. The lowest BCUT2D eigenvalue weighted by atomic mass is 10.0. The van der Waals surface area contributed by atoms with Crippen molar-refractivity contribution < 1.29 is 9.47 Å². The van der Waals surface area contributed by atoms with Crippen LogP contribution in [0.3, 0.4) is 0 Å². The number of benzene rings is 1. The van der Waals surface area contributed by atoms with Crippen LogP contribution in [0.1, 0.15) is 32.4 Å². The van der Waals surface area contributed by atoms with Gasteiger partial charge in [-0.15, -0.1) is 0 Å². The van der Waals surface area contributed by atoms with E-state index in [9.17, 15) is 0 Å². The first-order chi connectivity index (χ1) is 9.57. The Bertz CT molecular complexity index is 407. The predicted molar refractivity (Wildman–Crippen MR) is 83.4 cm³/mol. The second-order valence-corrected chi connectivity index (χ2v) is 5.35. The Labute approximate surface area is 122 Å². The van der Waals surface area contributed by atoms with Gasteiger partial charge in [-0.05, 0) is 30.2 Å². The van der Waals surface area contributed by atoms with Gasteiger partial charge in [0.2, 0.25) is 0 Å². The third-order valence-electron chi connectivity index (χ3n) is 3.46. The highest BCUT2D eigenvalue weighted by Gasteiger charge is 2.20. The fourth-order valence-electron chi connectivity index (χ4n) is 2.50. The van der Waals surface area contributed by atoms with Gasteiger partial charge in [-0.2, -0.15) is 0 Å². The molecule has 0 bridgehead atoms. The minimum absolute atomic E-state index is 0.210. The summed E-state index contributed by atoms with van der Waals surface area (Å²) in [7, 11) is 3.31. The first-order valence-electron chi connectivity index (χ1n) is 7.23. The van der Waals surface area contributed by atoms with E-state index in [-0.39, 0.29) is 6.04 Å². The summed E-state index contributed by atoms with van der Waals surface area (Å²) in [6.07, 6.45) is 0. The molecule has 0 heterocycles. The van der Waals surface area contributed by atoms with Crippen molar-refractivity contribution in [3.63, 3.8) is 0 Å². The highest BCUT2D eigenvalue weighted by molar-refractivity contribution is 5.43. The quantitative estimate of drug-likeness (QED) is 0.795. The van der Waals surface area contributed by atoms with Crippen LogP contribution in [0.15, 0.2) is 18.2 Å². The Balaban J connectivity index is 3.04. The van der Waals surface area contributed by atoms with E-state index in [4.69, 9.17) is 15.2 Å². The predicted octanol–water partition coefficient (Wildman–Crippen LogP) is 2.68. The Morgan fingerprint density at radius 3 is 2.25 bits per heavy atom. The fraction of sp³-hybridized carbons (Fsp3) is 0.625. The summed E-state index contributed by atoms with van der Waals surface area (Å²) < 4.78 is 10.7. The van der Waals surface area contributed by atoms with E-state index in [2.05, 4.69) is 31.7 Å². The highest BCUT2D eigenvalue weighted by Crippen LogP contribution is 2.31. The lowest BCUT2D eigenvalue weighted by Gasteiger charge is -2.31. The highest BCUT2D eigenvalue weighted by atomic mass is 16.5. The van der Waals surface area contributed by atoms with Crippen molar-refractivity contribution >= 4 is 0 Å². The van der Waals surface area contributed by atoms with Crippen LogP contribution in [-0.4, -0.2) is 38.8 Å². The minimum Gasteiger partial charge on any atom is -0.493 e. The van der Waals surface area contributed by atoms with E-state index >= 15 is 0 Å². The molecule has 1 atom stereocenters. The average molecular weight is 280 g/mol. The van der Waals surface area contributed by atoms with Crippen molar-refractivity contribution in [2.24, 2.45) is 11.7 Å². The maximum atomic E-state index is 6.01. The molecule has 0 fully saturated rings. The molecule has 20 heavy (non-hydrogen) atoms. The summed E-state index contributed by atoms with van der Waals surface area (Å²) in [5.74, 6) is 2.12. The molecule has 2 N–H and O–H groups in total. The van der Waals surface area contributed by atoms with Gasteiger partial charge in [-0.25, -0.2) is 0 Å². The number of rotatable bonds is 8. The number of ether oxygens (including phenoxy) is 2. The SMILES string of the molecule is CCN(CC(C)C)C(CN)c1ccc(OC)c(OC)c1. The largest absolute Gasteiger partial charge is 0.493 e. The Morgan fingerprint density at radius 1 is 1.15 bits per heavy atom. The zero-order valence-electron chi connectivity index (χ0n) is 13.3. The first-order valence-corrected chi connectivity index (χ1v) is 7.23. The summed E-state index contributed by atoms with van der Waals surface area (Å²) >= 11 is 0. The van der Waals surface area contributed by atoms with Crippen molar-refractivity contribution in [1.29, 1.82) is 0 Å². The molecule has 1 aromatic rings. The second-order valence-electron chi connectivity index (χ2n) is 5.35. The molecular weight excluding hydrogens is 252 g/mol. The van der Waals surface area contributed by atoms with Crippen molar-refractivity contribution in [3.8, 4) is 11.5 Å². The first kappa shape index (κ1) is 16.8. The van der Waals surface area contributed by atoms with Crippen LogP contribution in [0.4, 0.5) is 0 Å². The van der Waals surface area contributed by atoms with E-state index in [0.717, 1.165) is 24.6 Å². The molecule has 0 saturated carbocycles. The lowest BCUT2D eigenvalue weighted by molar-refractivity contribution is 0.189. The smallest absolute Gasteiger partial charge is 0.161 e. The zero-order chi connectivity index (χ0) is 15.1. The van der Waals surface area contributed by atoms with Crippen LogP contribution in [0.5, 0.6) is 11.5 Å². The molecule has 0 aliphatic rings. The number of hydrogen-bond donors (Lipinski definition) is 1. The maximum absolute atomic E-state index is 6.01. The fourth-order valence-corrected chi connectivity index (χ4v) is 2.50. The number of methoxy groups -OCH3 is 2. The average Bonchev–Trinajstić information content (AvgIpc) is 2.46. The molecule has 1 rings (SSSR count). The van der Waals surface area contributed by atoms with Crippen LogP contribution >= 0.6 is 0 Å². The maximum Gasteiger partial charge on any atom is 0.161 e. The summed E-state index contributed by atoms with van der Waals surface area (Å²) in [6, 6.07) is 6.25. The monoisotopic (exact) mass is 280 g/mol. The molecular formula is C16H28N2O2. The van der Waals surface area contributed by atoms with E-state index in [1.54, 1.807) is 14.2 Å². The number of nitrogens with zero attached hydrogens (tertiary/aromatic N) is 1. The molecule has 0 radical (unpaired) electrons. The standard InChI is InChI=1S/C16H28N2O2/c1-6-18(11-12(2)3)14(10-17)13-7-8-15(19-4)16(9-13)20-5/h7-9,12,14H,6,10-11,17H2,1-5H3. The van der Waals surface area contributed by atoms with Crippen LogP contribution in [-0.2, 0) is 0 Å². The number of likely N-dealkylation sites (N-methyl/N-ethyl adjacent to an activating group) is 1. The van der Waals surface area contributed by atoms with Crippen molar-refractivity contribution in [1.82, 2.24) is 4.90 Å². The third kappa shape index (κ3) is 4.12. The Kier molecular flexibility index (Phi) is 6.82. The van der Waals surface area contributed by atoms with E-state index in [1.165, 1.54) is 5.56 Å². The van der Waals surface area contributed by atoms with Crippen LogP contribution in [0, 0.1) is 5.92 Å². The summed E-state index contributed by atoms with van der Waals surface area (Å²) in [6.45, 7) is 9.23. The second kappa shape index (κ2) is 8.12. The van der Waals surface area contributed by atoms with Gasteiger partial charge in [0.1, 0.15) is 0 Å². The minimum atomic E-state index is 0.210. The summed E-state index contributed by atoms with van der Waals surface area (Å²) in [5, 5.41) is 0. The number of hydrogen-bond acceptors (Lipinski definition) is 4. The topological polar surface area (TPSA) is 47.7 Å². The van der Waals surface area contributed by atoms with Crippen LogP contribution in [0.25, 0.3) is 0 Å². The van der Waals surface area contributed by atoms with Crippen LogP contribution in [0.2, 0.25) is 0 Å². The van der Waals surface area contributed by atoms with Crippen molar-refractivity contribution in [2.75, 3.05) is 33.9 Å². The molecule has 4 nitrogen and oxygen atoms in total. The molecule has 1 aromatic carbocycles. The van der Waals surface area contributed by atoms with Gasteiger partial charge in [0.05, 0.1) is 14.2 Å². The molecule has 114 valence electrons. The summed E-state index contributed by atoms with van der Waals surface area (Å²) in [4.78, 5) is 2.41. The van der Waals surface area contributed by atoms with Gasteiger partial charge < -0.3 is 15.2 Å². The van der Waals surface area contributed by atoms with Gasteiger partial charge in [-0.1, -0.05) is 26.8 Å². The van der Waals surface area contributed by atoms with Crippen molar-refractivity contribution in [2.45, 2.75) is 26.8 Å². The Hall–Kier alpha value is -1.26. The molecule has 4 heteroatoms. The van der Waals surface area contributed by atoms with Crippen LogP contribution < -0.4 is 15.2 Å². The Morgan fingerprint density at radius 2 is 1.80 bits per heavy atom. The lowest BCUT2D eigenvalue weighted by Crippen LogP contribution is -2.36. The molecule has 0 aliphatic carbocycles. The molecule has 0 saturated heterocycles. The van der Waals surface area contributed by atoms with E-state index in [0.29, 0.717) is 12.5 Å². The van der Waals surface area contributed by atoms with Crippen molar-refractivity contribution in [3.05, 3.63) is 23.8 Å². The molecule has 0 spiro atoms. The van der Waals surface area contributed by atoms with Gasteiger partial charge in [0.25, 0.3) is 0 Å². The normalized spacial score (nSPS) is 12.8. The van der Waals surface area contributed by atoms with Gasteiger partial charge >= 0.3 is 0 Å². The molecule has 0 aliphatic heterocycles. The third-order valence-corrected chi connectivity index (χ3v) is 3.46. The van der Waals surface area contributed by atoms with E-state index < -0.39 is 0 Å². The molecule has 0 aromatic heterocycles.